The highest BCUT2D eigenvalue weighted by atomic mass is 16.7. The molecule has 6 atom stereocenters. The van der Waals surface area contributed by atoms with Crippen LogP contribution in [0.15, 0.2) is 48.5 Å². The third kappa shape index (κ3) is 7.65. The highest BCUT2D eigenvalue weighted by molar-refractivity contribution is 5.96. The van der Waals surface area contributed by atoms with E-state index in [1.807, 2.05) is 0 Å². The molecular formula is C26H34N4O9. The lowest BCUT2D eigenvalue weighted by Crippen LogP contribution is -2.60. The zero-order valence-corrected chi connectivity index (χ0v) is 21.3. The van der Waals surface area contributed by atoms with E-state index in [0.29, 0.717) is 16.8 Å². The Labute approximate surface area is 225 Å². The number of hydrogen-bond acceptors (Lipinski definition) is 11. The van der Waals surface area contributed by atoms with Crippen molar-refractivity contribution in [1.82, 2.24) is 5.32 Å². The predicted molar refractivity (Wildman–Crippen MR) is 139 cm³/mol. The van der Waals surface area contributed by atoms with E-state index in [1.54, 1.807) is 49.4 Å². The summed E-state index contributed by atoms with van der Waals surface area (Å²) in [6.07, 6.45) is -7.58. The first kappa shape index (κ1) is 29.8. The van der Waals surface area contributed by atoms with Crippen LogP contribution in [0.5, 0.6) is 5.75 Å². The van der Waals surface area contributed by atoms with Gasteiger partial charge >= 0.3 is 5.97 Å². The van der Waals surface area contributed by atoms with Crippen LogP contribution in [0, 0.1) is 5.41 Å². The number of anilines is 1. The van der Waals surface area contributed by atoms with Crippen molar-refractivity contribution in [1.29, 1.82) is 5.41 Å². The molecule has 3 rings (SSSR count). The van der Waals surface area contributed by atoms with Crippen LogP contribution in [0.3, 0.4) is 0 Å². The number of nitrogens with one attached hydrogen (secondary N) is 3. The molecule has 9 N–H and O–H groups in total. The van der Waals surface area contributed by atoms with Crippen molar-refractivity contribution in [2.75, 3.05) is 25.1 Å². The summed E-state index contributed by atoms with van der Waals surface area (Å²) in [7, 11) is 0. The first-order valence-corrected chi connectivity index (χ1v) is 12.4. The molecule has 0 aromatic heterocycles. The van der Waals surface area contributed by atoms with Crippen LogP contribution in [-0.4, -0.2) is 88.6 Å². The van der Waals surface area contributed by atoms with Gasteiger partial charge in [0.15, 0.2) is 0 Å². The van der Waals surface area contributed by atoms with E-state index in [2.05, 4.69) is 10.6 Å². The summed E-state index contributed by atoms with van der Waals surface area (Å²) in [4.78, 5) is 25.1. The molecule has 1 aliphatic heterocycles. The largest absolute Gasteiger partial charge is 0.466 e. The van der Waals surface area contributed by atoms with Gasteiger partial charge in [-0.15, -0.1) is 0 Å². The molecule has 2 aromatic rings. The number of carbonyl (C=O) groups excluding carboxylic acids is 2. The molecule has 6 unspecified atom stereocenters. The van der Waals surface area contributed by atoms with Gasteiger partial charge in [0.1, 0.15) is 42.0 Å². The van der Waals surface area contributed by atoms with Crippen molar-refractivity contribution >= 4 is 23.4 Å². The number of aliphatic hydroxyl groups excluding tert-OH is 4. The fraction of sp³-hybridized carbons (Fsp3) is 0.423. The monoisotopic (exact) mass is 546 g/mol. The van der Waals surface area contributed by atoms with E-state index in [0.717, 1.165) is 0 Å². The molecule has 0 spiro atoms. The highest BCUT2D eigenvalue weighted by Gasteiger charge is 2.45. The number of nitrogens with two attached hydrogens (primary N) is 1. The minimum Gasteiger partial charge on any atom is -0.466 e. The number of aliphatic hydroxyl groups is 4. The SMILES string of the molecule is CCOC(=O)CCNC(=O)C(Nc1cccc(C(=N)N)c1)c1ccccc1OC1OC(CO)C(O)C(O)C1O. The Morgan fingerprint density at radius 2 is 1.85 bits per heavy atom. The van der Waals surface area contributed by atoms with E-state index >= 15 is 0 Å². The van der Waals surface area contributed by atoms with Crippen molar-refractivity contribution in [2.45, 2.75) is 50.1 Å². The summed E-state index contributed by atoms with van der Waals surface area (Å²) in [6.45, 7) is 1.26. The third-order valence-electron chi connectivity index (χ3n) is 6.00. The number of hydrogen-bond donors (Lipinski definition) is 8. The lowest BCUT2D eigenvalue weighted by molar-refractivity contribution is -0.277. The molecule has 1 fully saturated rings. The van der Waals surface area contributed by atoms with Gasteiger partial charge in [-0.2, -0.15) is 0 Å². The van der Waals surface area contributed by atoms with Gasteiger partial charge in [-0.1, -0.05) is 30.3 Å². The average Bonchev–Trinajstić information content (AvgIpc) is 2.92. The quantitative estimate of drug-likeness (QED) is 0.0952. The first-order valence-electron chi connectivity index (χ1n) is 12.4. The fourth-order valence-electron chi connectivity index (χ4n) is 3.97. The number of ether oxygens (including phenoxy) is 3. The molecule has 0 radical (unpaired) electrons. The van der Waals surface area contributed by atoms with Gasteiger partial charge in [0, 0.05) is 23.4 Å². The number of benzene rings is 2. The van der Waals surface area contributed by atoms with E-state index in [-0.39, 0.29) is 31.2 Å². The second-order valence-corrected chi connectivity index (χ2v) is 8.77. The molecule has 1 aliphatic rings. The van der Waals surface area contributed by atoms with Gasteiger partial charge in [-0.3, -0.25) is 15.0 Å². The Hall–Kier alpha value is -3.75. The highest BCUT2D eigenvalue weighted by Crippen LogP contribution is 2.32. The van der Waals surface area contributed by atoms with Gasteiger partial charge in [0.2, 0.25) is 12.2 Å². The summed E-state index contributed by atoms with van der Waals surface area (Å²) in [5.41, 5.74) is 6.79. The summed E-state index contributed by atoms with van der Waals surface area (Å²) in [6, 6.07) is 11.8. The summed E-state index contributed by atoms with van der Waals surface area (Å²) in [5, 5.41) is 53.6. The molecular weight excluding hydrogens is 512 g/mol. The molecule has 1 heterocycles. The van der Waals surface area contributed by atoms with Crippen LogP contribution in [0.2, 0.25) is 0 Å². The fourth-order valence-corrected chi connectivity index (χ4v) is 3.97. The number of amidine groups is 1. The summed E-state index contributed by atoms with van der Waals surface area (Å²) >= 11 is 0. The minimum atomic E-state index is -1.66. The van der Waals surface area contributed by atoms with Crippen LogP contribution in [0.25, 0.3) is 0 Å². The number of para-hydroxylation sites is 1. The molecule has 212 valence electrons. The van der Waals surface area contributed by atoms with Crippen LogP contribution in [0.4, 0.5) is 5.69 Å². The van der Waals surface area contributed by atoms with Gasteiger partial charge in [-0.05, 0) is 25.1 Å². The number of carbonyl (C=O) groups is 2. The molecule has 2 aromatic carbocycles. The van der Waals surface area contributed by atoms with Gasteiger partial charge in [0.25, 0.3) is 0 Å². The van der Waals surface area contributed by atoms with Crippen molar-refractivity contribution in [3.63, 3.8) is 0 Å². The molecule has 1 amide bonds. The van der Waals surface area contributed by atoms with Crippen molar-refractivity contribution < 1.29 is 44.2 Å². The Kier molecular flexibility index (Phi) is 10.6. The van der Waals surface area contributed by atoms with Crippen LogP contribution >= 0.6 is 0 Å². The van der Waals surface area contributed by atoms with Gasteiger partial charge in [-0.25, -0.2) is 0 Å². The number of amides is 1. The summed E-state index contributed by atoms with van der Waals surface area (Å²) < 4.78 is 16.2. The number of esters is 1. The Bertz CT molecular complexity index is 1150. The van der Waals surface area contributed by atoms with E-state index < -0.39 is 55.2 Å². The molecule has 13 nitrogen and oxygen atoms in total. The normalized spacial score (nSPS) is 23.4. The second kappa shape index (κ2) is 13.9. The molecule has 0 saturated carbocycles. The van der Waals surface area contributed by atoms with E-state index in [9.17, 15) is 30.0 Å². The molecule has 0 aliphatic carbocycles. The molecule has 39 heavy (non-hydrogen) atoms. The van der Waals surface area contributed by atoms with E-state index in [4.69, 9.17) is 25.4 Å². The maximum Gasteiger partial charge on any atom is 0.307 e. The topological polar surface area (TPSA) is 217 Å². The molecule has 1 saturated heterocycles. The van der Waals surface area contributed by atoms with Gasteiger partial charge < -0.3 is 51.0 Å². The Balaban J connectivity index is 1.90. The van der Waals surface area contributed by atoms with E-state index in [1.165, 1.54) is 6.07 Å². The molecule has 13 heteroatoms. The second-order valence-electron chi connectivity index (χ2n) is 8.77. The Morgan fingerprint density at radius 1 is 1.10 bits per heavy atom. The smallest absolute Gasteiger partial charge is 0.307 e. The first-order chi connectivity index (χ1) is 18.7. The van der Waals surface area contributed by atoms with Gasteiger partial charge in [0.05, 0.1) is 19.6 Å². The third-order valence-corrected chi connectivity index (χ3v) is 6.00. The van der Waals surface area contributed by atoms with Crippen LogP contribution < -0.4 is 21.1 Å². The van der Waals surface area contributed by atoms with Crippen LogP contribution in [-0.2, 0) is 19.1 Å². The lowest BCUT2D eigenvalue weighted by atomic mass is 9.99. The standard InChI is InChI=1S/C26H34N4O9/c1-2-37-19(32)10-11-29-25(36)20(30-15-7-5-6-14(12-15)24(27)28)16-8-3-4-9-17(16)38-26-23(35)22(34)21(33)18(13-31)39-26/h3-9,12,18,20-23,26,30-31,33-35H,2,10-11,13H2,1H3,(H3,27,28)(H,29,36). The van der Waals surface area contributed by atoms with Crippen molar-refractivity contribution in [3.05, 3.63) is 59.7 Å². The van der Waals surface area contributed by atoms with Crippen molar-refractivity contribution in [3.8, 4) is 5.75 Å². The minimum absolute atomic E-state index is 0.000925. The van der Waals surface area contributed by atoms with Crippen LogP contribution in [0.1, 0.15) is 30.5 Å². The van der Waals surface area contributed by atoms with Crippen molar-refractivity contribution in [2.24, 2.45) is 5.73 Å². The zero-order valence-electron chi connectivity index (χ0n) is 21.3. The maximum atomic E-state index is 13.4. The summed E-state index contributed by atoms with van der Waals surface area (Å²) in [5.74, 6) is -1.07. The lowest BCUT2D eigenvalue weighted by Gasteiger charge is -2.39. The average molecular weight is 547 g/mol. The number of rotatable bonds is 12. The predicted octanol–water partition coefficient (Wildman–Crippen LogP) is -0.628. The number of nitrogen functional groups attached to an aromatic ring is 1. The maximum absolute atomic E-state index is 13.4. The molecule has 0 bridgehead atoms. The Morgan fingerprint density at radius 3 is 2.54 bits per heavy atom. The zero-order chi connectivity index (χ0) is 28.5.